The quantitative estimate of drug-likeness (QED) is 0.726. The Balaban J connectivity index is 0.00000144. The molecule has 0 aromatic heterocycles. The first-order valence-corrected chi connectivity index (χ1v) is 4.85. The zero-order valence-corrected chi connectivity index (χ0v) is 8.95. The standard InChI is InChI=1S/C9H18N2O.ClH/c1-2-6-11-9(12)8-5-3-4-7-10-8;/h8,10H,2-7H2,1H3,(H,11,12);1H/t8-;/m0./s1. The molecule has 1 heterocycles. The molecular weight excluding hydrogens is 188 g/mol. The minimum atomic E-state index is 0. The van der Waals surface area contributed by atoms with Gasteiger partial charge in [-0.3, -0.25) is 4.79 Å². The van der Waals surface area contributed by atoms with Crippen LogP contribution in [0.2, 0.25) is 0 Å². The van der Waals surface area contributed by atoms with Gasteiger partial charge in [0, 0.05) is 6.54 Å². The molecule has 1 aliphatic heterocycles. The van der Waals surface area contributed by atoms with Crippen LogP contribution < -0.4 is 10.6 Å². The zero-order chi connectivity index (χ0) is 8.81. The summed E-state index contributed by atoms with van der Waals surface area (Å²) in [6.07, 6.45) is 4.39. The highest BCUT2D eigenvalue weighted by Gasteiger charge is 2.19. The second-order valence-corrected chi connectivity index (χ2v) is 3.29. The van der Waals surface area contributed by atoms with E-state index < -0.39 is 0 Å². The van der Waals surface area contributed by atoms with Crippen LogP contribution in [0.3, 0.4) is 0 Å². The van der Waals surface area contributed by atoms with Crippen molar-refractivity contribution in [1.82, 2.24) is 10.6 Å². The van der Waals surface area contributed by atoms with Crippen LogP contribution in [0.25, 0.3) is 0 Å². The highest BCUT2D eigenvalue weighted by atomic mass is 35.5. The molecule has 1 fully saturated rings. The van der Waals surface area contributed by atoms with Crippen LogP contribution in [0.4, 0.5) is 0 Å². The third-order valence-electron chi connectivity index (χ3n) is 2.18. The van der Waals surface area contributed by atoms with Gasteiger partial charge >= 0.3 is 0 Å². The highest BCUT2D eigenvalue weighted by Crippen LogP contribution is 2.06. The van der Waals surface area contributed by atoms with Gasteiger partial charge < -0.3 is 10.6 Å². The fourth-order valence-electron chi connectivity index (χ4n) is 1.45. The van der Waals surface area contributed by atoms with Crippen LogP contribution in [-0.2, 0) is 4.79 Å². The second-order valence-electron chi connectivity index (χ2n) is 3.29. The first-order valence-electron chi connectivity index (χ1n) is 4.85. The van der Waals surface area contributed by atoms with Gasteiger partial charge in [-0.2, -0.15) is 0 Å². The molecule has 1 saturated heterocycles. The van der Waals surface area contributed by atoms with Crippen molar-refractivity contribution in [1.29, 1.82) is 0 Å². The maximum absolute atomic E-state index is 11.4. The maximum atomic E-state index is 11.4. The SMILES string of the molecule is CCCNC(=O)[C@@H]1CCCCN1.Cl. The number of hydrogen-bond donors (Lipinski definition) is 2. The van der Waals surface area contributed by atoms with E-state index in [9.17, 15) is 4.79 Å². The summed E-state index contributed by atoms with van der Waals surface area (Å²) in [5.74, 6) is 0.177. The number of amides is 1. The third kappa shape index (κ3) is 4.48. The molecule has 0 aromatic carbocycles. The summed E-state index contributed by atoms with van der Waals surface area (Å²) in [5, 5.41) is 6.12. The van der Waals surface area contributed by atoms with Crippen molar-refractivity contribution < 1.29 is 4.79 Å². The second kappa shape index (κ2) is 7.15. The molecule has 13 heavy (non-hydrogen) atoms. The fraction of sp³-hybridized carbons (Fsp3) is 0.889. The van der Waals surface area contributed by atoms with Crippen molar-refractivity contribution in [2.75, 3.05) is 13.1 Å². The van der Waals surface area contributed by atoms with Gasteiger partial charge in [0.15, 0.2) is 0 Å². The van der Waals surface area contributed by atoms with Crippen LogP contribution in [-0.4, -0.2) is 25.0 Å². The molecule has 0 unspecified atom stereocenters. The molecule has 0 aliphatic carbocycles. The van der Waals surface area contributed by atoms with Gasteiger partial charge in [0.05, 0.1) is 6.04 Å². The van der Waals surface area contributed by atoms with E-state index in [1.807, 2.05) is 0 Å². The predicted molar refractivity (Wildman–Crippen MR) is 56.2 cm³/mol. The van der Waals surface area contributed by atoms with Gasteiger partial charge in [-0.15, -0.1) is 12.4 Å². The van der Waals surface area contributed by atoms with Crippen LogP contribution >= 0.6 is 12.4 Å². The molecular formula is C9H19ClN2O. The van der Waals surface area contributed by atoms with Crippen LogP contribution in [0.5, 0.6) is 0 Å². The number of carbonyl (C=O) groups excluding carboxylic acids is 1. The van der Waals surface area contributed by atoms with E-state index in [0.717, 1.165) is 25.9 Å². The van der Waals surface area contributed by atoms with Gasteiger partial charge in [-0.1, -0.05) is 13.3 Å². The molecule has 0 saturated carbocycles. The van der Waals surface area contributed by atoms with Gasteiger partial charge in [0.1, 0.15) is 0 Å². The van der Waals surface area contributed by atoms with Crippen molar-refractivity contribution in [2.45, 2.75) is 38.6 Å². The Kier molecular flexibility index (Phi) is 7.00. The number of halogens is 1. The van der Waals surface area contributed by atoms with E-state index in [1.165, 1.54) is 12.8 Å². The largest absolute Gasteiger partial charge is 0.355 e. The Morgan fingerprint density at radius 2 is 2.31 bits per heavy atom. The lowest BCUT2D eigenvalue weighted by molar-refractivity contribution is -0.123. The number of piperidine rings is 1. The lowest BCUT2D eigenvalue weighted by Gasteiger charge is -2.22. The molecule has 1 aliphatic rings. The Morgan fingerprint density at radius 1 is 1.54 bits per heavy atom. The van der Waals surface area contributed by atoms with Gasteiger partial charge in [0.25, 0.3) is 0 Å². The first kappa shape index (κ1) is 12.7. The maximum Gasteiger partial charge on any atom is 0.237 e. The third-order valence-corrected chi connectivity index (χ3v) is 2.18. The van der Waals surface area contributed by atoms with E-state index in [-0.39, 0.29) is 24.4 Å². The molecule has 1 rings (SSSR count). The molecule has 0 aromatic rings. The molecule has 1 atom stereocenters. The summed E-state index contributed by atoms with van der Waals surface area (Å²) >= 11 is 0. The molecule has 0 radical (unpaired) electrons. The Labute approximate surface area is 86.1 Å². The van der Waals surface area contributed by atoms with Crippen molar-refractivity contribution in [3.63, 3.8) is 0 Å². The average molecular weight is 207 g/mol. The van der Waals surface area contributed by atoms with Crippen LogP contribution in [0.15, 0.2) is 0 Å². The van der Waals surface area contributed by atoms with Crippen molar-refractivity contribution in [3.05, 3.63) is 0 Å². The lowest BCUT2D eigenvalue weighted by Crippen LogP contribution is -2.46. The smallest absolute Gasteiger partial charge is 0.237 e. The molecule has 0 spiro atoms. The van der Waals surface area contributed by atoms with Gasteiger partial charge in [0.2, 0.25) is 5.91 Å². The first-order chi connectivity index (χ1) is 5.84. The number of hydrogen-bond acceptors (Lipinski definition) is 2. The van der Waals surface area contributed by atoms with Gasteiger partial charge in [-0.05, 0) is 25.8 Å². The van der Waals surface area contributed by atoms with E-state index >= 15 is 0 Å². The molecule has 78 valence electrons. The minimum Gasteiger partial charge on any atom is -0.355 e. The van der Waals surface area contributed by atoms with E-state index in [1.54, 1.807) is 0 Å². The Hall–Kier alpha value is -0.280. The summed E-state index contributed by atoms with van der Waals surface area (Å²) in [6.45, 7) is 3.86. The molecule has 1 amide bonds. The predicted octanol–water partition coefficient (Wildman–Crippen LogP) is 1.08. The number of rotatable bonds is 3. The zero-order valence-electron chi connectivity index (χ0n) is 8.14. The minimum absolute atomic E-state index is 0. The summed E-state index contributed by atoms with van der Waals surface area (Å²) in [6, 6.07) is 0.0744. The lowest BCUT2D eigenvalue weighted by atomic mass is 10.0. The molecule has 0 bridgehead atoms. The number of carbonyl (C=O) groups is 1. The van der Waals surface area contributed by atoms with E-state index in [0.29, 0.717) is 0 Å². The summed E-state index contributed by atoms with van der Waals surface area (Å²) in [7, 11) is 0. The summed E-state index contributed by atoms with van der Waals surface area (Å²) < 4.78 is 0. The summed E-state index contributed by atoms with van der Waals surface area (Å²) in [5.41, 5.74) is 0. The van der Waals surface area contributed by atoms with Crippen molar-refractivity contribution in [2.24, 2.45) is 0 Å². The Bertz CT molecular complexity index is 147. The average Bonchev–Trinajstić information content (AvgIpc) is 2.15. The fourth-order valence-corrected chi connectivity index (χ4v) is 1.45. The Morgan fingerprint density at radius 3 is 2.85 bits per heavy atom. The van der Waals surface area contributed by atoms with E-state index in [2.05, 4.69) is 17.6 Å². The summed E-state index contributed by atoms with van der Waals surface area (Å²) in [4.78, 5) is 11.4. The normalized spacial score (nSPS) is 21.8. The molecule has 4 heteroatoms. The van der Waals surface area contributed by atoms with Gasteiger partial charge in [-0.25, -0.2) is 0 Å². The monoisotopic (exact) mass is 206 g/mol. The number of nitrogens with one attached hydrogen (secondary N) is 2. The van der Waals surface area contributed by atoms with Crippen molar-refractivity contribution >= 4 is 18.3 Å². The van der Waals surface area contributed by atoms with E-state index in [4.69, 9.17) is 0 Å². The van der Waals surface area contributed by atoms with Crippen LogP contribution in [0.1, 0.15) is 32.6 Å². The molecule has 2 N–H and O–H groups in total. The van der Waals surface area contributed by atoms with Crippen LogP contribution in [0, 0.1) is 0 Å². The molecule has 3 nitrogen and oxygen atoms in total. The topological polar surface area (TPSA) is 41.1 Å². The highest BCUT2D eigenvalue weighted by molar-refractivity contribution is 5.85. The van der Waals surface area contributed by atoms with Crippen molar-refractivity contribution in [3.8, 4) is 0 Å².